The van der Waals surface area contributed by atoms with E-state index < -0.39 is 0 Å². The van der Waals surface area contributed by atoms with Crippen LogP contribution >= 0.6 is 46.1 Å². The minimum absolute atomic E-state index is 0.206. The van der Waals surface area contributed by atoms with E-state index in [0.717, 1.165) is 10.4 Å². The van der Waals surface area contributed by atoms with Crippen molar-refractivity contribution in [1.29, 1.82) is 0 Å². The lowest BCUT2D eigenvalue weighted by atomic mass is 10.1. The van der Waals surface area contributed by atoms with Gasteiger partial charge >= 0.3 is 0 Å². The first-order valence-electron chi connectivity index (χ1n) is 5.40. The summed E-state index contributed by atoms with van der Waals surface area (Å²) in [6.07, 6.45) is 0. The smallest absolute Gasteiger partial charge is 0.256 e. The highest BCUT2D eigenvalue weighted by molar-refractivity contribution is 7.10. The zero-order valence-electron chi connectivity index (χ0n) is 10.2. The second kappa shape index (κ2) is 5.71. The van der Waals surface area contributed by atoms with Crippen molar-refractivity contribution in [2.45, 2.75) is 13.8 Å². The Balaban J connectivity index is 2.29. The Morgan fingerprint density at radius 3 is 2.32 bits per heavy atom. The maximum atomic E-state index is 12.2. The summed E-state index contributed by atoms with van der Waals surface area (Å²) >= 11 is 19.3. The number of benzene rings is 1. The maximum Gasteiger partial charge on any atom is 0.256 e. The Hall–Kier alpha value is -0.740. The fourth-order valence-electron chi connectivity index (χ4n) is 1.55. The molecular formula is C13H10Cl3NOS. The van der Waals surface area contributed by atoms with E-state index in [9.17, 15) is 4.79 Å². The summed E-state index contributed by atoms with van der Waals surface area (Å²) in [6, 6.07) is 3.05. The molecule has 2 nitrogen and oxygen atoms in total. The van der Waals surface area contributed by atoms with Crippen LogP contribution in [0.4, 0.5) is 5.69 Å². The van der Waals surface area contributed by atoms with Crippen LogP contribution in [0, 0.1) is 13.8 Å². The Labute approximate surface area is 130 Å². The van der Waals surface area contributed by atoms with Crippen molar-refractivity contribution in [2.24, 2.45) is 0 Å². The van der Waals surface area contributed by atoms with Crippen LogP contribution in [0.15, 0.2) is 17.5 Å². The molecule has 0 fully saturated rings. The van der Waals surface area contributed by atoms with Gasteiger partial charge in [-0.3, -0.25) is 4.79 Å². The molecule has 0 saturated carbocycles. The number of thiophene rings is 1. The molecule has 6 heteroatoms. The Morgan fingerprint density at radius 2 is 1.74 bits per heavy atom. The molecule has 1 N–H and O–H groups in total. The third-order valence-corrected chi connectivity index (χ3v) is 4.84. The van der Waals surface area contributed by atoms with Crippen molar-refractivity contribution in [3.8, 4) is 0 Å². The summed E-state index contributed by atoms with van der Waals surface area (Å²) in [5, 5.41) is 5.62. The largest absolute Gasteiger partial charge is 0.321 e. The first-order valence-corrected chi connectivity index (χ1v) is 7.42. The third kappa shape index (κ3) is 3.06. The number of hydrogen-bond donors (Lipinski definition) is 1. The lowest BCUT2D eigenvalue weighted by Gasteiger charge is -2.08. The van der Waals surface area contributed by atoms with Gasteiger partial charge in [-0.05, 0) is 31.5 Å². The molecule has 2 aromatic rings. The van der Waals surface area contributed by atoms with Gasteiger partial charge in [-0.2, -0.15) is 0 Å². The van der Waals surface area contributed by atoms with Gasteiger partial charge in [0.15, 0.2) is 0 Å². The number of amides is 1. The number of rotatable bonds is 2. The predicted molar refractivity (Wildman–Crippen MR) is 83.2 cm³/mol. The number of carbonyl (C=O) groups excluding carboxylic acids is 1. The van der Waals surface area contributed by atoms with Gasteiger partial charge in [0.05, 0.1) is 26.3 Å². The first-order chi connectivity index (χ1) is 8.90. The molecule has 0 atom stereocenters. The number of anilines is 1. The summed E-state index contributed by atoms with van der Waals surface area (Å²) in [5.41, 5.74) is 2.06. The van der Waals surface area contributed by atoms with Crippen LogP contribution in [-0.4, -0.2) is 5.91 Å². The minimum Gasteiger partial charge on any atom is -0.321 e. The molecule has 1 aromatic carbocycles. The Kier molecular flexibility index (Phi) is 4.41. The molecule has 0 aliphatic heterocycles. The molecule has 0 aliphatic rings. The number of aryl methyl sites for hydroxylation is 1. The summed E-state index contributed by atoms with van der Waals surface area (Å²) in [5.74, 6) is -0.206. The van der Waals surface area contributed by atoms with Crippen molar-refractivity contribution in [1.82, 2.24) is 0 Å². The standard InChI is InChI=1S/C13H10Cl3NOS/c1-6-7(2)19-5-8(6)13(18)17-12-4-10(15)9(14)3-11(12)16/h3-5H,1-2H3,(H,17,18). The zero-order chi connectivity index (χ0) is 14.2. The minimum atomic E-state index is -0.206. The lowest BCUT2D eigenvalue weighted by molar-refractivity contribution is 0.102. The molecule has 2 rings (SSSR count). The fourth-order valence-corrected chi connectivity index (χ4v) is 3.00. The van der Waals surface area contributed by atoms with Gasteiger partial charge in [0.2, 0.25) is 0 Å². The predicted octanol–water partition coefficient (Wildman–Crippen LogP) is 5.58. The number of nitrogens with one attached hydrogen (secondary N) is 1. The second-order valence-electron chi connectivity index (χ2n) is 4.03. The van der Waals surface area contributed by atoms with Crippen LogP contribution in [0.2, 0.25) is 15.1 Å². The average Bonchev–Trinajstić information content (AvgIpc) is 2.67. The zero-order valence-corrected chi connectivity index (χ0v) is 13.3. The molecule has 0 bridgehead atoms. The monoisotopic (exact) mass is 333 g/mol. The molecule has 1 heterocycles. The van der Waals surface area contributed by atoms with E-state index in [2.05, 4.69) is 5.32 Å². The highest BCUT2D eigenvalue weighted by atomic mass is 35.5. The van der Waals surface area contributed by atoms with E-state index in [4.69, 9.17) is 34.8 Å². The maximum absolute atomic E-state index is 12.2. The molecule has 1 amide bonds. The Bertz CT molecular complexity index is 652. The molecule has 0 aliphatic carbocycles. The van der Waals surface area contributed by atoms with Gasteiger partial charge in [-0.25, -0.2) is 0 Å². The van der Waals surface area contributed by atoms with Crippen molar-refractivity contribution >= 4 is 57.7 Å². The summed E-state index contributed by atoms with van der Waals surface area (Å²) in [4.78, 5) is 13.3. The van der Waals surface area contributed by atoms with E-state index >= 15 is 0 Å². The van der Waals surface area contributed by atoms with E-state index in [1.807, 2.05) is 19.2 Å². The second-order valence-corrected chi connectivity index (χ2v) is 6.34. The van der Waals surface area contributed by atoms with Crippen molar-refractivity contribution in [3.05, 3.63) is 48.6 Å². The summed E-state index contributed by atoms with van der Waals surface area (Å²) < 4.78 is 0. The van der Waals surface area contributed by atoms with Crippen LogP contribution in [0.25, 0.3) is 0 Å². The first kappa shape index (κ1) is 14.7. The van der Waals surface area contributed by atoms with E-state index in [-0.39, 0.29) is 5.91 Å². The van der Waals surface area contributed by atoms with Gasteiger partial charge < -0.3 is 5.32 Å². The van der Waals surface area contributed by atoms with E-state index in [1.54, 1.807) is 6.07 Å². The van der Waals surface area contributed by atoms with Gasteiger partial charge in [-0.1, -0.05) is 34.8 Å². The topological polar surface area (TPSA) is 29.1 Å². The fraction of sp³-hybridized carbons (Fsp3) is 0.154. The van der Waals surface area contributed by atoms with Gasteiger partial charge in [-0.15, -0.1) is 11.3 Å². The highest BCUT2D eigenvalue weighted by Crippen LogP contribution is 2.33. The van der Waals surface area contributed by atoms with Crippen LogP contribution in [0.1, 0.15) is 20.8 Å². The molecule has 0 spiro atoms. The van der Waals surface area contributed by atoms with Crippen molar-refractivity contribution in [3.63, 3.8) is 0 Å². The molecule has 0 unspecified atom stereocenters. The van der Waals surface area contributed by atoms with E-state index in [1.165, 1.54) is 17.4 Å². The Morgan fingerprint density at radius 1 is 1.11 bits per heavy atom. The van der Waals surface area contributed by atoms with Gasteiger partial charge in [0.1, 0.15) is 0 Å². The van der Waals surface area contributed by atoms with E-state index in [0.29, 0.717) is 26.3 Å². The van der Waals surface area contributed by atoms with Gasteiger partial charge in [0, 0.05) is 10.3 Å². The summed E-state index contributed by atoms with van der Waals surface area (Å²) in [6.45, 7) is 3.89. The average molecular weight is 335 g/mol. The summed E-state index contributed by atoms with van der Waals surface area (Å²) in [7, 11) is 0. The van der Waals surface area contributed by atoms with Crippen LogP contribution < -0.4 is 5.32 Å². The van der Waals surface area contributed by atoms with Crippen LogP contribution in [0.3, 0.4) is 0 Å². The normalized spacial score (nSPS) is 10.6. The molecular weight excluding hydrogens is 325 g/mol. The molecule has 0 radical (unpaired) electrons. The number of carbonyl (C=O) groups is 1. The molecule has 1 aromatic heterocycles. The number of hydrogen-bond acceptors (Lipinski definition) is 2. The quantitative estimate of drug-likeness (QED) is 0.714. The van der Waals surface area contributed by atoms with Crippen LogP contribution in [-0.2, 0) is 0 Å². The number of halogens is 3. The highest BCUT2D eigenvalue weighted by Gasteiger charge is 2.15. The third-order valence-electron chi connectivity index (χ3n) is 2.79. The van der Waals surface area contributed by atoms with Crippen molar-refractivity contribution in [2.75, 3.05) is 5.32 Å². The molecule has 100 valence electrons. The van der Waals surface area contributed by atoms with Crippen molar-refractivity contribution < 1.29 is 4.79 Å². The lowest BCUT2D eigenvalue weighted by Crippen LogP contribution is -2.12. The SMILES string of the molecule is Cc1scc(C(=O)Nc2cc(Cl)c(Cl)cc2Cl)c1C. The molecule has 19 heavy (non-hydrogen) atoms. The molecule has 0 saturated heterocycles. The van der Waals surface area contributed by atoms with Crippen LogP contribution in [0.5, 0.6) is 0 Å². The van der Waals surface area contributed by atoms with Gasteiger partial charge in [0.25, 0.3) is 5.91 Å².